The Labute approximate surface area is 229 Å². The van der Waals surface area contributed by atoms with Crippen LogP contribution in [0.2, 0.25) is 0 Å². The van der Waals surface area contributed by atoms with Gasteiger partial charge in [-0.1, -0.05) is 12.1 Å². The number of halogens is 3. The molecule has 0 saturated carbocycles. The van der Waals surface area contributed by atoms with Crippen LogP contribution in [0.4, 0.5) is 13.2 Å². The number of benzene rings is 1. The number of aromatic nitrogens is 3. The summed E-state index contributed by atoms with van der Waals surface area (Å²) in [6.07, 6.45) is -1.24. The van der Waals surface area contributed by atoms with Gasteiger partial charge in [0.15, 0.2) is 5.69 Å². The molecular formula is C28H32F3N3O6. The molecule has 9 nitrogen and oxygen atoms in total. The molecule has 0 aliphatic rings. The van der Waals surface area contributed by atoms with Crippen molar-refractivity contribution in [3.8, 4) is 17.0 Å². The van der Waals surface area contributed by atoms with Crippen LogP contribution in [0.5, 0.6) is 5.88 Å². The monoisotopic (exact) mass is 563 g/mol. The summed E-state index contributed by atoms with van der Waals surface area (Å²) in [5, 5.41) is 10.4. The fourth-order valence-electron chi connectivity index (χ4n) is 4.22. The van der Waals surface area contributed by atoms with Crippen molar-refractivity contribution in [2.45, 2.75) is 6.18 Å². The fourth-order valence-corrected chi connectivity index (χ4v) is 4.22. The van der Waals surface area contributed by atoms with Crippen molar-refractivity contribution in [2.24, 2.45) is 7.05 Å². The molecule has 216 valence electrons. The topological polar surface area (TPSA) is 97.1 Å². The smallest absolute Gasteiger partial charge is 0.434 e. The second-order valence-corrected chi connectivity index (χ2v) is 8.75. The Morgan fingerprint density at radius 2 is 1.43 bits per heavy atom. The maximum absolute atomic E-state index is 14.0. The first-order valence-electron chi connectivity index (χ1n) is 12.9. The number of nitrogens with zero attached hydrogens (tertiary/aromatic N) is 3. The number of aliphatic hydroxyl groups is 1. The highest BCUT2D eigenvalue weighted by Crippen LogP contribution is 2.38. The number of pyridine rings is 2. The molecule has 0 aliphatic carbocycles. The first kappa shape index (κ1) is 29.7. The van der Waals surface area contributed by atoms with Crippen LogP contribution in [0.3, 0.4) is 0 Å². The predicted molar refractivity (Wildman–Crippen MR) is 142 cm³/mol. The zero-order chi connectivity index (χ0) is 28.4. The van der Waals surface area contributed by atoms with Gasteiger partial charge in [-0.05, 0) is 23.8 Å². The standard InChI is InChI=1S/C28H32F3N3O6/c1-34-24-6-7-32-19-23(24)22-3-2-20(18-25(22)34)21-4-5-26(33-27(21)28(29,30)31)40-17-16-39-15-14-38-13-12-37-11-10-36-9-8-35/h2-7,18-19,35H,8-17H2,1H3. The van der Waals surface area contributed by atoms with Gasteiger partial charge in [0.2, 0.25) is 5.88 Å². The zero-order valence-electron chi connectivity index (χ0n) is 22.2. The molecule has 0 aliphatic heterocycles. The summed E-state index contributed by atoms with van der Waals surface area (Å²) in [4.78, 5) is 7.95. The third-order valence-electron chi connectivity index (χ3n) is 6.09. The minimum atomic E-state index is -4.67. The van der Waals surface area contributed by atoms with E-state index >= 15 is 0 Å². The number of fused-ring (bicyclic) bond motifs is 3. The summed E-state index contributed by atoms with van der Waals surface area (Å²) in [6, 6.07) is 9.89. The number of ether oxygens (including phenoxy) is 5. The Balaban J connectivity index is 1.28. The summed E-state index contributed by atoms with van der Waals surface area (Å²) in [5.74, 6) is -0.132. The first-order chi connectivity index (χ1) is 19.4. The quantitative estimate of drug-likeness (QED) is 0.202. The van der Waals surface area contributed by atoms with E-state index in [1.54, 1.807) is 24.5 Å². The summed E-state index contributed by atoms with van der Waals surface area (Å²) >= 11 is 0. The van der Waals surface area contributed by atoms with E-state index in [9.17, 15) is 13.2 Å². The van der Waals surface area contributed by atoms with Gasteiger partial charge in [-0.2, -0.15) is 13.2 Å². The van der Waals surface area contributed by atoms with Crippen LogP contribution in [0.1, 0.15) is 5.69 Å². The van der Waals surface area contributed by atoms with Crippen molar-refractivity contribution >= 4 is 21.8 Å². The minimum Gasteiger partial charge on any atom is -0.475 e. The molecule has 4 aromatic rings. The molecule has 3 heterocycles. The predicted octanol–water partition coefficient (Wildman–Crippen LogP) is 4.24. The number of aryl methyl sites for hydroxylation is 1. The first-order valence-corrected chi connectivity index (χ1v) is 12.9. The van der Waals surface area contributed by atoms with E-state index in [0.29, 0.717) is 45.2 Å². The number of alkyl halides is 3. The molecule has 1 N–H and O–H groups in total. The fraction of sp³-hybridized carbons (Fsp3) is 0.429. The molecule has 4 rings (SSSR count). The van der Waals surface area contributed by atoms with Crippen LogP contribution < -0.4 is 4.74 Å². The van der Waals surface area contributed by atoms with Crippen LogP contribution in [0, 0.1) is 0 Å². The van der Waals surface area contributed by atoms with Crippen LogP contribution in [-0.4, -0.2) is 85.7 Å². The average molecular weight is 564 g/mol. The van der Waals surface area contributed by atoms with Crippen molar-refractivity contribution in [1.29, 1.82) is 0 Å². The minimum absolute atomic E-state index is 0.0197. The van der Waals surface area contributed by atoms with Crippen LogP contribution in [0.15, 0.2) is 48.8 Å². The number of aliphatic hydroxyl groups excluding tert-OH is 1. The van der Waals surface area contributed by atoms with Gasteiger partial charge in [0.05, 0.1) is 65.0 Å². The highest BCUT2D eigenvalue weighted by atomic mass is 19.4. The van der Waals surface area contributed by atoms with Crippen molar-refractivity contribution in [2.75, 3.05) is 66.1 Å². The van der Waals surface area contributed by atoms with Crippen LogP contribution >= 0.6 is 0 Å². The number of hydrogen-bond acceptors (Lipinski definition) is 8. The second kappa shape index (κ2) is 14.4. The van der Waals surface area contributed by atoms with Crippen LogP contribution in [-0.2, 0) is 32.2 Å². The largest absolute Gasteiger partial charge is 0.475 e. The van der Waals surface area contributed by atoms with E-state index in [1.807, 2.05) is 23.7 Å². The molecule has 0 fully saturated rings. The van der Waals surface area contributed by atoms with Crippen molar-refractivity contribution in [3.63, 3.8) is 0 Å². The number of hydrogen-bond donors (Lipinski definition) is 1. The van der Waals surface area contributed by atoms with Gasteiger partial charge < -0.3 is 33.4 Å². The maximum Gasteiger partial charge on any atom is 0.434 e. The Bertz CT molecular complexity index is 1380. The van der Waals surface area contributed by atoms with Gasteiger partial charge in [-0.3, -0.25) is 4.98 Å². The highest BCUT2D eigenvalue weighted by Gasteiger charge is 2.36. The van der Waals surface area contributed by atoms with Crippen molar-refractivity contribution in [3.05, 3.63) is 54.5 Å². The Hall–Kier alpha value is -3.29. The average Bonchev–Trinajstić information content (AvgIpc) is 3.24. The van der Waals surface area contributed by atoms with Crippen molar-refractivity contribution < 1.29 is 42.0 Å². The van der Waals surface area contributed by atoms with Gasteiger partial charge >= 0.3 is 6.18 Å². The lowest BCUT2D eigenvalue weighted by atomic mass is 10.0. The number of rotatable bonds is 16. The van der Waals surface area contributed by atoms with Crippen molar-refractivity contribution in [1.82, 2.24) is 14.5 Å². The zero-order valence-corrected chi connectivity index (χ0v) is 22.2. The molecule has 40 heavy (non-hydrogen) atoms. The lowest BCUT2D eigenvalue weighted by molar-refractivity contribution is -0.140. The van der Waals surface area contributed by atoms with Gasteiger partial charge in [0.25, 0.3) is 0 Å². The molecule has 3 aromatic heterocycles. The lowest BCUT2D eigenvalue weighted by Gasteiger charge is -2.14. The van der Waals surface area contributed by atoms with Gasteiger partial charge in [-0.15, -0.1) is 0 Å². The lowest BCUT2D eigenvalue weighted by Crippen LogP contribution is -2.15. The molecule has 0 spiro atoms. The molecule has 1 aromatic carbocycles. The molecule has 0 amide bonds. The summed E-state index contributed by atoms with van der Waals surface area (Å²) in [7, 11) is 1.87. The summed E-state index contributed by atoms with van der Waals surface area (Å²) in [6.45, 7) is 2.73. The Morgan fingerprint density at radius 3 is 2.08 bits per heavy atom. The molecule has 0 radical (unpaired) electrons. The Kier molecular flexibility index (Phi) is 10.7. The van der Waals surface area contributed by atoms with Gasteiger partial charge in [0, 0.05) is 47.4 Å². The summed E-state index contributed by atoms with van der Waals surface area (Å²) < 4.78 is 70.5. The molecule has 0 bridgehead atoms. The van der Waals surface area contributed by atoms with Gasteiger partial charge in [-0.25, -0.2) is 4.98 Å². The van der Waals surface area contributed by atoms with E-state index in [0.717, 1.165) is 21.8 Å². The molecule has 0 atom stereocenters. The summed E-state index contributed by atoms with van der Waals surface area (Å²) in [5.41, 5.74) is 1.11. The van der Waals surface area contributed by atoms with E-state index in [4.69, 9.17) is 28.8 Å². The van der Waals surface area contributed by atoms with E-state index in [1.165, 1.54) is 12.1 Å². The highest BCUT2D eigenvalue weighted by molar-refractivity contribution is 6.08. The Morgan fingerprint density at radius 1 is 0.775 bits per heavy atom. The molecule has 0 unspecified atom stereocenters. The van der Waals surface area contributed by atoms with E-state index in [-0.39, 0.29) is 37.9 Å². The molecule has 0 saturated heterocycles. The normalized spacial score (nSPS) is 12.0. The van der Waals surface area contributed by atoms with E-state index in [2.05, 4.69) is 9.97 Å². The third-order valence-corrected chi connectivity index (χ3v) is 6.09. The van der Waals surface area contributed by atoms with E-state index < -0.39 is 11.9 Å². The second-order valence-electron chi connectivity index (χ2n) is 8.75. The van der Waals surface area contributed by atoms with Gasteiger partial charge in [0.1, 0.15) is 6.61 Å². The van der Waals surface area contributed by atoms with Crippen LogP contribution in [0.25, 0.3) is 32.9 Å². The SMILES string of the molecule is Cn1c2ccncc2c2ccc(-c3ccc(OCCOCCOCCOCCOCCO)nc3C(F)(F)F)cc21. The molecular weight excluding hydrogens is 531 g/mol. The third kappa shape index (κ3) is 7.67. The maximum atomic E-state index is 14.0. The molecule has 12 heteroatoms.